The van der Waals surface area contributed by atoms with Crippen molar-refractivity contribution in [2.45, 2.75) is 26.9 Å². The van der Waals surface area contributed by atoms with E-state index >= 15 is 0 Å². The van der Waals surface area contributed by atoms with Crippen LogP contribution in [0.2, 0.25) is 10.2 Å². The standard InChI is InChI=1S/C24H19Cl2N3O4/c1-11-9-15-21(30)12(2)22(14-5-4-8-28-10-14)33-23(15)18(19(11)26)13(3)32-16-6-7-17(25)29-20(16)24(27)31/h4-10,13H,1-3H3,(H2,27,31)/t13-/m1/s1. The van der Waals surface area contributed by atoms with Crippen molar-refractivity contribution in [2.24, 2.45) is 5.73 Å². The Hall–Kier alpha value is -3.42. The number of pyridine rings is 2. The Kier molecular flexibility index (Phi) is 6.10. The quantitative estimate of drug-likeness (QED) is 0.380. The Bertz CT molecular complexity index is 1450. The molecule has 0 aliphatic rings. The number of hydrogen-bond donors (Lipinski definition) is 1. The highest BCUT2D eigenvalue weighted by Crippen LogP contribution is 2.38. The van der Waals surface area contributed by atoms with E-state index < -0.39 is 12.0 Å². The summed E-state index contributed by atoms with van der Waals surface area (Å²) in [5.74, 6) is -0.270. The van der Waals surface area contributed by atoms with Crippen molar-refractivity contribution in [3.63, 3.8) is 0 Å². The molecule has 0 spiro atoms. The fourth-order valence-corrected chi connectivity index (χ4v) is 4.09. The molecule has 0 radical (unpaired) electrons. The van der Waals surface area contributed by atoms with E-state index in [4.69, 9.17) is 38.1 Å². The predicted octanol–water partition coefficient (Wildman–Crippen LogP) is 5.41. The number of aromatic nitrogens is 2. The maximum absolute atomic E-state index is 13.2. The highest BCUT2D eigenvalue weighted by molar-refractivity contribution is 6.33. The summed E-state index contributed by atoms with van der Waals surface area (Å²) < 4.78 is 12.3. The molecule has 168 valence electrons. The van der Waals surface area contributed by atoms with Gasteiger partial charge in [-0.15, -0.1) is 0 Å². The van der Waals surface area contributed by atoms with Gasteiger partial charge in [-0.2, -0.15) is 0 Å². The third-order valence-electron chi connectivity index (χ3n) is 5.25. The molecule has 3 aromatic heterocycles. The van der Waals surface area contributed by atoms with Crippen molar-refractivity contribution >= 4 is 40.1 Å². The normalized spacial score (nSPS) is 12.0. The van der Waals surface area contributed by atoms with Gasteiger partial charge in [-0.25, -0.2) is 4.98 Å². The average molecular weight is 484 g/mol. The van der Waals surface area contributed by atoms with E-state index in [-0.39, 0.29) is 27.6 Å². The van der Waals surface area contributed by atoms with Crippen LogP contribution in [-0.2, 0) is 0 Å². The lowest BCUT2D eigenvalue weighted by atomic mass is 10.00. The van der Waals surface area contributed by atoms with Crippen molar-refractivity contribution in [1.29, 1.82) is 0 Å². The van der Waals surface area contributed by atoms with Crippen LogP contribution in [0.25, 0.3) is 22.3 Å². The second-order valence-electron chi connectivity index (χ2n) is 7.53. The number of rotatable bonds is 5. The molecule has 3 heterocycles. The number of fused-ring (bicyclic) bond motifs is 1. The molecule has 7 nitrogen and oxygen atoms in total. The molecule has 0 unspecified atom stereocenters. The lowest BCUT2D eigenvalue weighted by Gasteiger charge is -2.20. The average Bonchev–Trinajstić information content (AvgIpc) is 2.79. The largest absolute Gasteiger partial charge is 0.483 e. The van der Waals surface area contributed by atoms with Crippen molar-refractivity contribution in [1.82, 2.24) is 9.97 Å². The molecule has 1 atom stereocenters. The van der Waals surface area contributed by atoms with Gasteiger partial charge in [0.2, 0.25) is 0 Å². The van der Waals surface area contributed by atoms with E-state index in [1.807, 2.05) is 0 Å². The van der Waals surface area contributed by atoms with Gasteiger partial charge in [-0.1, -0.05) is 23.2 Å². The summed E-state index contributed by atoms with van der Waals surface area (Å²) in [6.07, 6.45) is 2.52. The number of carbonyl (C=O) groups excluding carboxylic acids is 1. The van der Waals surface area contributed by atoms with Crippen LogP contribution in [-0.4, -0.2) is 15.9 Å². The number of nitrogens with zero attached hydrogens (tertiary/aromatic N) is 2. The molecule has 33 heavy (non-hydrogen) atoms. The lowest BCUT2D eigenvalue weighted by Crippen LogP contribution is -2.17. The van der Waals surface area contributed by atoms with Crippen LogP contribution in [0, 0.1) is 13.8 Å². The van der Waals surface area contributed by atoms with E-state index in [1.54, 1.807) is 51.4 Å². The first-order valence-corrected chi connectivity index (χ1v) is 10.7. The maximum Gasteiger partial charge on any atom is 0.271 e. The number of primary amides is 1. The van der Waals surface area contributed by atoms with E-state index in [2.05, 4.69) is 9.97 Å². The monoisotopic (exact) mass is 483 g/mol. The van der Waals surface area contributed by atoms with Crippen LogP contribution in [0.5, 0.6) is 5.75 Å². The summed E-state index contributed by atoms with van der Waals surface area (Å²) >= 11 is 12.6. The summed E-state index contributed by atoms with van der Waals surface area (Å²) in [6, 6.07) is 8.23. The van der Waals surface area contributed by atoms with Gasteiger partial charge in [0.1, 0.15) is 22.6 Å². The minimum absolute atomic E-state index is 0.102. The zero-order valence-electron chi connectivity index (χ0n) is 18.0. The van der Waals surface area contributed by atoms with Crippen LogP contribution in [0.15, 0.2) is 51.9 Å². The molecule has 0 saturated heterocycles. The minimum atomic E-state index is -0.791. The molecule has 9 heteroatoms. The Morgan fingerprint density at radius 2 is 1.97 bits per heavy atom. The van der Waals surface area contributed by atoms with E-state index in [0.717, 1.165) is 0 Å². The molecule has 4 aromatic rings. The molecule has 4 rings (SSSR count). The number of halogens is 2. The highest BCUT2D eigenvalue weighted by Gasteiger charge is 2.25. The Morgan fingerprint density at radius 3 is 2.64 bits per heavy atom. The molecule has 0 fully saturated rings. The molecule has 2 N–H and O–H groups in total. The first-order chi connectivity index (χ1) is 15.7. The summed E-state index contributed by atoms with van der Waals surface area (Å²) in [5.41, 5.74) is 7.66. The molecular formula is C24H19Cl2N3O4. The SMILES string of the molecule is Cc1cc2c(=O)c(C)c(-c3cccnc3)oc2c([C@@H](C)Oc2ccc(Cl)nc2C(N)=O)c1Cl. The van der Waals surface area contributed by atoms with E-state index in [1.165, 1.54) is 12.1 Å². The zero-order chi connectivity index (χ0) is 23.9. The molecule has 1 aromatic carbocycles. The molecular weight excluding hydrogens is 465 g/mol. The Morgan fingerprint density at radius 1 is 1.21 bits per heavy atom. The number of hydrogen-bond acceptors (Lipinski definition) is 6. The number of amides is 1. The van der Waals surface area contributed by atoms with Crippen molar-refractivity contribution < 1.29 is 13.9 Å². The summed E-state index contributed by atoms with van der Waals surface area (Å²) in [5, 5.41) is 0.851. The number of ether oxygens (including phenoxy) is 1. The van der Waals surface area contributed by atoms with Crippen LogP contribution < -0.4 is 15.9 Å². The summed E-state index contributed by atoms with van der Waals surface area (Å²) in [6.45, 7) is 5.22. The van der Waals surface area contributed by atoms with Crippen LogP contribution in [0.4, 0.5) is 0 Å². The van der Waals surface area contributed by atoms with E-state index in [9.17, 15) is 9.59 Å². The smallest absolute Gasteiger partial charge is 0.271 e. The van der Waals surface area contributed by atoms with E-state index in [0.29, 0.717) is 38.4 Å². The predicted molar refractivity (Wildman–Crippen MR) is 127 cm³/mol. The van der Waals surface area contributed by atoms with Gasteiger partial charge in [0.05, 0.1) is 16.0 Å². The van der Waals surface area contributed by atoms with Gasteiger partial charge in [-0.3, -0.25) is 14.6 Å². The first-order valence-electron chi connectivity index (χ1n) is 9.98. The number of benzene rings is 1. The fourth-order valence-electron chi connectivity index (χ4n) is 3.64. The first kappa shape index (κ1) is 22.8. The van der Waals surface area contributed by atoms with Crippen LogP contribution >= 0.6 is 23.2 Å². The number of nitrogens with two attached hydrogens (primary N) is 1. The molecule has 1 amide bonds. The minimum Gasteiger partial charge on any atom is -0.483 e. The molecule has 0 aliphatic heterocycles. The van der Waals surface area contributed by atoms with Gasteiger partial charge < -0.3 is 14.9 Å². The van der Waals surface area contributed by atoms with Gasteiger partial charge in [0.25, 0.3) is 5.91 Å². The Balaban J connectivity index is 1.94. The second kappa shape index (κ2) is 8.84. The third kappa shape index (κ3) is 4.17. The van der Waals surface area contributed by atoms with Crippen molar-refractivity contribution in [3.8, 4) is 17.1 Å². The molecule has 0 aliphatic carbocycles. The summed E-state index contributed by atoms with van der Waals surface area (Å²) in [4.78, 5) is 33.2. The fraction of sp³-hybridized carbons (Fsp3) is 0.167. The van der Waals surface area contributed by atoms with Crippen molar-refractivity contribution in [2.75, 3.05) is 0 Å². The second-order valence-corrected chi connectivity index (χ2v) is 8.30. The van der Waals surface area contributed by atoms with Gasteiger partial charge in [0, 0.05) is 23.5 Å². The topological polar surface area (TPSA) is 108 Å². The zero-order valence-corrected chi connectivity index (χ0v) is 19.5. The van der Waals surface area contributed by atoms with Gasteiger partial charge in [0.15, 0.2) is 16.9 Å². The molecule has 0 saturated carbocycles. The van der Waals surface area contributed by atoms with Gasteiger partial charge >= 0.3 is 0 Å². The summed E-state index contributed by atoms with van der Waals surface area (Å²) in [7, 11) is 0. The third-order valence-corrected chi connectivity index (χ3v) is 5.97. The highest BCUT2D eigenvalue weighted by atomic mass is 35.5. The van der Waals surface area contributed by atoms with Crippen LogP contribution in [0.3, 0.4) is 0 Å². The lowest BCUT2D eigenvalue weighted by molar-refractivity contribution is 0.0988. The van der Waals surface area contributed by atoms with Crippen LogP contribution in [0.1, 0.15) is 40.2 Å². The molecule has 0 bridgehead atoms. The Labute approximate surface area is 199 Å². The van der Waals surface area contributed by atoms with Crippen molar-refractivity contribution in [3.05, 3.63) is 85.5 Å². The number of aryl methyl sites for hydroxylation is 1. The van der Waals surface area contributed by atoms with Gasteiger partial charge in [-0.05, 0) is 56.7 Å². The number of carbonyl (C=O) groups is 1. The maximum atomic E-state index is 13.2.